The van der Waals surface area contributed by atoms with Gasteiger partial charge in [-0.3, -0.25) is 0 Å². The summed E-state index contributed by atoms with van der Waals surface area (Å²) >= 11 is 0. The molecule has 4 nitrogen and oxygen atoms in total. The topological polar surface area (TPSA) is 60.0 Å². The van der Waals surface area contributed by atoms with E-state index in [0.29, 0.717) is 23.7 Å². The van der Waals surface area contributed by atoms with Gasteiger partial charge in [-0.25, -0.2) is 0 Å². The van der Waals surface area contributed by atoms with Crippen molar-refractivity contribution in [2.75, 3.05) is 12.3 Å². The lowest BCUT2D eigenvalue weighted by Gasteiger charge is -2.12. The molecule has 0 saturated carbocycles. The van der Waals surface area contributed by atoms with Gasteiger partial charge < -0.3 is 10.5 Å². The Morgan fingerprint density at radius 1 is 0.955 bits per heavy atom. The van der Waals surface area contributed by atoms with Crippen LogP contribution in [0, 0.1) is 0 Å². The van der Waals surface area contributed by atoms with Crippen LogP contribution < -0.4 is 10.5 Å². The number of nitrogens with two attached hydrogens (primary N) is 1. The summed E-state index contributed by atoms with van der Waals surface area (Å²) in [5, 5.41) is 10.6. The average molecular weight is 291 g/mol. The smallest absolute Gasteiger partial charge is 0.170 e. The fourth-order valence-corrected chi connectivity index (χ4v) is 2.32. The number of fused-ring (bicyclic) bond motifs is 1. The van der Waals surface area contributed by atoms with E-state index in [-0.39, 0.29) is 0 Å². The lowest BCUT2D eigenvalue weighted by Crippen LogP contribution is -1.98. The van der Waals surface area contributed by atoms with E-state index in [1.54, 1.807) is 0 Å². The molecule has 110 valence electrons. The average Bonchev–Trinajstić information content (AvgIpc) is 2.57. The van der Waals surface area contributed by atoms with E-state index in [0.717, 1.165) is 16.5 Å². The minimum Gasteiger partial charge on any atom is -0.489 e. The van der Waals surface area contributed by atoms with E-state index in [9.17, 15) is 0 Å². The highest BCUT2D eigenvalue weighted by molar-refractivity contribution is 5.99. The summed E-state index contributed by atoms with van der Waals surface area (Å²) in [6.07, 6.45) is 0. The Hall–Kier alpha value is -2.88. The van der Waals surface area contributed by atoms with Crippen LogP contribution in [0.5, 0.6) is 5.75 Å². The number of nitrogens with zero attached hydrogens (tertiary/aromatic N) is 2. The van der Waals surface area contributed by atoms with E-state index in [2.05, 4.69) is 10.2 Å². The second-order valence-corrected chi connectivity index (χ2v) is 4.83. The first-order chi connectivity index (χ1) is 10.8. The van der Waals surface area contributed by atoms with Crippen molar-refractivity contribution in [1.29, 1.82) is 0 Å². The molecule has 0 amide bonds. The molecule has 0 aliphatic rings. The molecule has 0 bridgehead atoms. The summed E-state index contributed by atoms with van der Waals surface area (Å²) in [6.45, 7) is 2.45. The number of hydrogen-bond donors (Lipinski definition) is 1. The maximum absolute atomic E-state index is 6.25. The van der Waals surface area contributed by atoms with Crippen molar-refractivity contribution in [1.82, 2.24) is 0 Å². The number of benzene rings is 3. The first-order valence-electron chi connectivity index (χ1n) is 7.20. The van der Waals surface area contributed by atoms with E-state index in [1.165, 1.54) is 0 Å². The quantitative estimate of drug-likeness (QED) is 0.528. The molecule has 4 heteroatoms. The number of anilines is 1. The molecule has 3 aromatic rings. The molecule has 0 heterocycles. The van der Waals surface area contributed by atoms with Crippen LogP contribution in [-0.2, 0) is 0 Å². The molecular formula is C18H17N3O. The predicted molar refractivity (Wildman–Crippen MR) is 90.1 cm³/mol. The Morgan fingerprint density at radius 3 is 2.45 bits per heavy atom. The molecule has 22 heavy (non-hydrogen) atoms. The van der Waals surface area contributed by atoms with Crippen LogP contribution in [-0.4, -0.2) is 6.61 Å². The number of rotatable bonds is 4. The SMILES string of the molecule is CCOc1c(N=Nc2ccccc2)cc2ccccc2c1N. The van der Waals surface area contributed by atoms with Crippen LogP contribution in [0.2, 0.25) is 0 Å². The molecule has 3 rings (SSSR count). The van der Waals surface area contributed by atoms with E-state index >= 15 is 0 Å². The largest absolute Gasteiger partial charge is 0.489 e. The molecule has 0 aromatic heterocycles. The monoisotopic (exact) mass is 291 g/mol. The standard InChI is InChI=1S/C18H17N3O/c1-2-22-18-16(21-20-14-9-4-3-5-10-14)12-13-8-6-7-11-15(13)17(18)19/h3-12H,2,19H2,1H3. The van der Waals surface area contributed by atoms with Crippen LogP contribution >= 0.6 is 0 Å². The zero-order valence-electron chi connectivity index (χ0n) is 12.4. The molecule has 0 radical (unpaired) electrons. The molecule has 0 atom stereocenters. The van der Waals surface area contributed by atoms with Gasteiger partial charge in [-0.15, -0.1) is 5.11 Å². The van der Waals surface area contributed by atoms with E-state index in [1.807, 2.05) is 67.6 Å². The highest BCUT2D eigenvalue weighted by Gasteiger charge is 2.12. The minimum atomic E-state index is 0.524. The van der Waals surface area contributed by atoms with Gasteiger partial charge in [0.15, 0.2) is 5.75 Å². The molecule has 2 N–H and O–H groups in total. The summed E-state index contributed by atoms with van der Waals surface area (Å²) in [4.78, 5) is 0. The van der Waals surface area contributed by atoms with Gasteiger partial charge in [0.25, 0.3) is 0 Å². The molecule has 3 aromatic carbocycles. The van der Waals surface area contributed by atoms with Gasteiger partial charge in [0.2, 0.25) is 0 Å². The zero-order chi connectivity index (χ0) is 15.4. The number of azo groups is 1. The van der Waals surface area contributed by atoms with Crippen LogP contribution in [0.3, 0.4) is 0 Å². The number of nitrogen functional groups attached to an aromatic ring is 1. The fourth-order valence-electron chi connectivity index (χ4n) is 2.32. The van der Waals surface area contributed by atoms with Crippen molar-refractivity contribution in [3.8, 4) is 5.75 Å². The fraction of sp³-hybridized carbons (Fsp3) is 0.111. The second-order valence-electron chi connectivity index (χ2n) is 4.83. The summed E-state index contributed by atoms with van der Waals surface area (Å²) < 4.78 is 5.69. The highest BCUT2D eigenvalue weighted by atomic mass is 16.5. The lowest BCUT2D eigenvalue weighted by molar-refractivity contribution is 0.343. The predicted octanol–water partition coefficient (Wildman–Crippen LogP) is 5.24. The first kappa shape index (κ1) is 14.1. The summed E-state index contributed by atoms with van der Waals surface area (Å²) in [5.41, 5.74) is 8.28. The molecule has 0 aliphatic carbocycles. The lowest BCUT2D eigenvalue weighted by atomic mass is 10.1. The number of hydrogen-bond acceptors (Lipinski definition) is 4. The van der Waals surface area contributed by atoms with E-state index < -0.39 is 0 Å². The van der Waals surface area contributed by atoms with Crippen LogP contribution in [0.4, 0.5) is 17.1 Å². The first-order valence-corrected chi connectivity index (χ1v) is 7.20. The third kappa shape index (κ3) is 2.76. The van der Waals surface area contributed by atoms with Gasteiger partial charge in [0, 0.05) is 5.39 Å². The molecule has 0 spiro atoms. The second kappa shape index (κ2) is 6.26. The Labute approximate surface area is 129 Å². The molecule has 0 saturated heterocycles. The van der Waals surface area contributed by atoms with Crippen molar-refractivity contribution >= 4 is 27.8 Å². The Morgan fingerprint density at radius 2 is 1.68 bits per heavy atom. The van der Waals surface area contributed by atoms with Crippen molar-refractivity contribution in [2.24, 2.45) is 10.2 Å². The Bertz CT molecular complexity index is 813. The Kier molecular flexibility index (Phi) is 4.01. The van der Waals surface area contributed by atoms with E-state index in [4.69, 9.17) is 10.5 Å². The van der Waals surface area contributed by atoms with Gasteiger partial charge in [0.1, 0.15) is 5.69 Å². The van der Waals surface area contributed by atoms with Crippen LogP contribution in [0.25, 0.3) is 10.8 Å². The summed E-state index contributed by atoms with van der Waals surface area (Å²) in [7, 11) is 0. The maximum Gasteiger partial charge on any atom is 0.170 e. The third-order valence-corrected chi connectivity index (χ3v) is 3.34. The van der Waals surface area contributed by atoms with Crippen molar-refractivity contribution in [3.05, 3.63) is 60.7 Å². The molecular weight excluding hydrogens is 274 g/mol. The third-order valence-electron chi connectivity index (χ3n) is 3.34. The van der Waals surface area contributed by atoms with Crippen molar-refractivity contribution < 1.29 is 4.74 Å². The molecule has 0 aliphatic heterocycles. The molecule has 0 fully saturated rings. The summed E-state index contributed by atoms with van der Waals surface area (Å²) in [5.74, 6) is 0.584. The molecule has 0 unspecified atom stereocenters. The number of ether oxygens (including phenoxy) is 1. The van der Waals surface area contributed by atoms with Crippen LogP contribution in [0.15, 0.2) is 70.9 Å². The van der Waals surface area contributed by atoms with Gasteiger partial charge in [-0.05, 0) is 30.5 Å². The van der Waals surface area contributed by atoms with Gasteiger partial charge >= 0.3 is 0 Å². The highest BCUT2D eigenvalue weighted by Crippen LogP contribution is 2.40. The zero-order valence-corrected chi connectivity index (χ0v) is 12.4. The van der Waals surface area contributed by atoms with Gasteiger partial charge in [-0.1, -0.05) is 42.5 Å². The van der Waals surface area contributed by atoms with Crippen molar-refractivity contribution in [3.63, 3.8) is 0 Å². The summed E-state index contributed by atoms with van der Waals surface area (Å²) in [6, 6.07) is 19.4. The minimum absolute atomic E-state index is 0.524. The van der Waals surface area contributed by atoms with Crippen molar-refractivity contribution in [2.45, 2.75) is 6.92 Å². The normalized spacial score (nSPS) is 11.1. The van der Waals surface area contributed by atoms with Gasteiger partial charge in [0.05, 0.1) is 18.0 Å². The van der Waals surface area contributed by atoms with Crippen LogP contribution in [0.1, 0.15) is 6.92 Å². The van der Waals surface area contributed by atoms with Gasteiger partial charge in [-0.2, -0.15) is 5.11 Å². The Balaban J connectivity index is 2.11. The maximum atomic E-state index is 6.25.